The van der Waals surface area contributed by atoms with Crippen LogP contribution in [0.5, 0.6) is 0 Å². The predicted molar refractivity (Wildman–Crippen MR) is 82.3 cm³/mol. The Morgan fingerprint density at radius 1 is 1.18 bits per heavy atom. The quantitative estimate of drug-likeness (QED) is 0.799. The van der Waals surface area contributed by atoms with Gasteiger partial charge in [-0.15, -0.1) is 5.10 Å². The van der Waals surface area contributed by atoms with E-state index in [2.05, 4.69) is 39.9 Å². The average molecular weight is 290 g/mol. The van der Waals surface area contributed by atoms with E-state index in [1.807, 2.05) is 30.3 Å². The van der Waals surface area contributed by atoms with Gasteiger partial charge in [0.25, 0.3) is 0 Å². The van der Waals surface area contributed by atoms with Gasteiger partial charge in [0.15, 0.2) is 0 Å². The number of tetrazole rings is 1. The first-order chi connectivity index (χ1) is 10.8. The topological polar surface area (TPSA) is 79.4 Å². The molecule has 1 unspecified atom stereocenters. The summed E-state index contributed by atoms with van der Waals surface area (Å²) in [7, 11) is 0. The Morgan fingerprint density at radius 3 is 2.68 bits per heavy atom. The summed E-state index contributed by atoms with van der Waals surface area (Å²) in [6, 6.07) is 17.6. The summed E-state index contributed by atoms with van der Waals surface area (Å²) >= 11 is 0. The Kier molecular flexibility index (Phi) is 3.79. The fourth-order valence-electron chi connectivity index (χ4n) is 2.19. The van der Waals surface area contributed by atoms with Crippen molar-refractivity contribution in [3.05, 3.63) is 66.0 Å². The lowest BCUT2D eigenvalue weighted by Gasteiger charge is -2.16. The summed E-state index contributed by atoms with van der Waals surface area (Å²) in [4.78, 5) is 0. The van der Waals surface area contributed by atoms with E-state index in [1.54, 1.807) is 23.1 Å². The third-order valence-corrected chi connectivity index (χ3v) is 3.38. The zero-order chi connectivity index (χ0) is 15.4. The van der Waals surface area contributed by atoms with Gasteiger partial charge in [-0.05, 0) is 59.3 Å². The second-order valence-electron chi connectivity index (χ2n) is 4.90. The molecule has 0 aliphatic carbocycles. The van der Waals surface area contributed by atoms with E-state index in [4.69, 9.17) is 5.26 Å². The molecule has 6 nitrogen and oxygen atoms in total. The predicted octanol–water partition coefficient (Wildman–Crippen LogP) is 2.71. The van der Waals surface area contributed by atoms with Crippen LogP contribution in [0.15, 0.2) is 54.9 Å². The molecule has 0 bridgehead atoms. The fraction of sp³-hybridized carbons (Fsp3) is 0.125. The van der Waals surface area contributed by atoms with Crippen LogP contribution in [-0.2, 0) is 0 Å². The largest absolute Gasteiger partial charge is 0.379 e. The summed E-state index contributed by atoms with van der Waals surface area (Å²) in [6.45, 7) is 2.08. The molecule has 1 aromatic heterocycles. The van der Waals surface area contributed by atoms with Crippen molar-refractivity contribution < 1.29 is 0 Å². The van der Waals surface area contributed by atoms with Gasteiger partial charge in [0.05, 0.1) is 17.3 Å². The number of nitrogens with one attached hydrogen (secondary N) is 1. The van der Waals surface area contributed by atoms with Gasteiger partial charge in [-0.2, -0.15) is 5.26 Å². The normalized spacial score (nSPS) is 11.6. The first kappa shape index (κ1) is 13.8. The van der Waals surface area contributed by atoms with E-state index < -0.39 is 0 Å². The van der Waals surface area contributed by atoms with E-state index in [0.717, 1.165) is 16.9 Å². The number of nitrogens with zero attached hydrogens (tertiary/aromatic N) is 5. The first-order valence-corrected chi connectivity index (χ1v) is 6.86. The van der Waals surface area contributed by atoms with Crippen molar-refractivity contribution in [1.29, 1.82) is 5.26 Å². The van der Waals surface area contributed by atoms with E-state index in [9.17, 15) is 0 Å². The summed E-state index contributed by atoms with van der Waals surface area (Å²) in [5.41, 5.74) is 3.66. The zero-order valence-corrected chi connectivity index (χ0v) is 12.0. The van der Waals surface area contributed by atoms with Gasteiger partial charge in [0.2, 0.25) is 0 Å². The minimum Gasteiger partial charge on any atom is -0.379 e. The molecule has 0 radical (unpaired) electrons. The number of benzene rings is 2. The summed E-state index contributed by atoms with van der Waals surface area (Å²) in [5, 5.41) is 23.4. The monoisotopic (exact) mass is 290 g/mol. The summed E-state index contributed by atoms with van der Waals surface area (Å²) in [6.07, 6.45) is 1.57. The minimum absolute atomic E-state index is 0.115. The number of aromatic nitrogens is 4. The van der Waals surface area contributed by atoms with Crippen LogP contribution < -0.4 is 5.32 Å². The van der Waals surface area contributed by atoms with E-state index >= 15 is 0 Å². The molecule has 6 heteroatoms. The van der Waals surface area contributed by atoms with Crippen molar-refractivity contribution in [2.75, 3.05) is 5.32 Å². The van der Waals surface area contributed by atoms with Gasteiger partial charge in [0.1, 0.15) is 6.33 Å². The lowest BCUT2D eigenvalue weighted by Crippen LogP contribution is -2.07. The van der Waals surface area contributed by atoms with Crippen molar-refractivity contribution >= 4 is 5.69 Å². The highest BCUT2D eigenvalue weighted by Gasteiger charge is 2.07. The van der Waals surface area contributed by atoms with E-state index in [0.29, 0.717) is 5.56 Å². The highest BCUT2D eigenvalue weighted by atomic mass is 15.5. The number of nitriles is 1. The van der Waals surface area contributed by atoms with Gasteiger partial charge in [-0.3, -0.25) is 0 Å². The van der Waals surface area contributed by atoms with Crippen LogP contribution in [-0.4, -0.2) is 20.2 Å². The molecular formula is C16H14N6. The smallest absolute Gasteiger partial charge is 0.143 e. The molecule has 3 aromatic rings. The van der Waals surface area contributed by atoms with Gasteiger partial charge in [-0.1, -0.05) is 12.1 Å². The molecule has 108 valence electrons. The molecule has 0 saturated heterocycles. The fourth-order valence-corrected chi connectivity index (χ4v) is 2.19. The number of rotatable bonds is 4. The lowest BCUT2D eigenvalue weighted by atomic mass is 10.1. The lowest BCUT2D eigenvalue weighted by molar-refractivity contribution is 0.785. The van der Waals surface area contributed by atoms with Crippen molar-refractivity contribution in [2.45, 2.75) is 13.0 Å². The van der Waals surface area contributed by atoms with E-state index in [1.165, 1.54) is 0 Å². The van der Waals surface area contributed by atoms with Gasteiger partial charge < -0.3 is 5.32 Å². The molecule has 0 spiro atoms. The van der Waals surface area contributed by atoms with Gasteiger partial charge >= 0.3 is 0 Å². The van der Waals surface area contributed by atoms with Crippen LogP contribution in [0.2, 0.25) is 0 Å². The Morgan fingerprint density at radius 2 is 2.00 bits per heavy atom. The van der Waals surface area contributed by atoms with Gasteiger partial charge in [0, 0.05) is 11.7 Å². The van der Waals surface area contributed by atoms with Crippen molar-refractivity contribution in [2.24, 2.45) is 0 Å². The van der Waals surface area contributed by atoms with Crippen LogP contribution in [0.4, 0.5) is 5.69 Å². The van der Waals surface area contributed by atoms with Gasteiger partial charge in [-0.25, -0.2) is 4.68 Å². The van der Waals surface area contributed by atoms with E-state index in [-0.39, 0.29) is 6.04 Å². The maximum atomic E-state index is 8.82. The zero-order valence-electron chi connectivity index (χ0n) is 12.0. The summed E-state index contributed by atoms with van der Waals surface area (Å²) < 4.78 is 1.62. The second kappa shape index (κ2) is 6.06. The average Bonchev–Trinajstić information content (AvgIpc) is 3.10. The Labute approximate surface area is 128 Å². The highest BCUT2D eigenvalue weighted by Crippen LogP contribution is 2.21. The molecule has 0 saturated carbocycles. The molecule has 22 heavy (non-hydrogen) atoms. The molecule has 0 aliphatic rings. The second-order valence-corrected chi connectivity index (χ2v) is 4.90. The molecule has 1 atom stereocenters. The number of hydrogen-bond acceptors (Lipinski definition) is 5. The maximum absolute atomic E-state index is 8.82. The Bertz CT molecular complexity index is 786. The molecule has 1 heterocycles. The number of anilines is 1. The molecule has 0 amide bonds. The Balaban J connectivity index is 1.78. The van der Waals surface area contributed by atoms with Crippen LogP contribution in [0.1, 0.15) is 24.1 Å². The molecule has 2 aromatic carbocycles. The molecule has 1 N–H and O–H groups in total. The SMILES string of the molecule is CC(Nc1ccc(C#N)cc1)c1cccc(-n2cnnn2)c1. The highest BCUT2D eigenvalue weighted by molar-refractivity contribution is 5.49. The number of hydrogen-bond donors (Lipinski definition) is 1. The third-order valence-electron chi connectivity index (χ3n) is 3.38. The minimum atomic E-state index is 0.115. The van der Waals surface area contributed by atoms with Crippen LogP contribution >= 0.6 is 0 Å². The first-order valence-electron chi connectivity index (χ1n) is 6.86. The third kappa shape index (κ3) is 2.94. The Hall–Kier alpha value is -3.20. The van der Waals surface area contributed by atoms with Crippen LogP contribution in [0.3, 0.4) is 0 Å². The van der Waals surface area contributed by atoms with Crippen molar-refractivity contribution in [3.8, 4) is 11.8 Å². The van der Waals surface area contributed by atoms with Crippen molar-refractivity contribution in [3.63, 3.8) is 0 Å². The van der Waals surface area contributed by atoms with Crippen molar-refractivity contribution in [1.82, 2.24) is 20.2 Å². The standard InChI is InChI=1S/C16H14N6/c1-12(19-15-7-5-13(10-17)6-8-15)14-3-2-4-16(9-14)22-11-18-20-21-22/h2-9,11-12,19H,1H3. The molecule has 0 aliphatic heterocycles. The molecule has 0 fully saturated rings. The molecule has 3 rings (SSSR count). The summed E-state index contributed by atoms with van der Waals surface area (Å²) in [5.74, 6) is 0. The maximum Gasteiger partial charge on any atom is 0.143 e. The molecular weight excluding hydrogens is 276 g/mol. The van der Waals surface area contributed by atoms with Crippen LogP contribution in [0.25, 0.3) is 5.69 Å². The van der Waals surface area contributed by atoms with Crippen LogP contribution in [0, 0.1) is 11.3 Å².